The number of fused-ring (bicyclic) bond motifs is 1. The molecule has 0 saturated carbocycles. The SMILES string of the molecule is CCN(CC)CCN(Cc1cc2ccc(C)cc2[nH]c1=O)C(=S)Nc1cccc(C)c1. The number of nitrogens with zero attached hydrogens (tertiary/aromatic N) is 2. The van der Waals surface area contributed by atoms with Gasteiger partial charge in [0.1, 0.15) is 0 Å². The van der Waals surface area contributed by atoms with Gasteiger partial charge in [-0.05, 0) is 79.9 Å². The summed E-state index contributed by atoms with van der Waals surface area (Å²) in [5.41, 5.74) is 4.77. The van der Waals surface area contributed by atoms with Crippen molar-refractivity contribution in [1.82, 2.24) is 14.8 Å². The second kappa shape index (κ2) is 10.6. The van der Waals surface area contributed by atoms with Crippen molar-refractivity contribution >= 4 is 33.9 Å². The van der Waals surface area contributed by atoms with Crippen LogP contribution >= 0.6 is 12.2 Å². The molecule has 3 aromatic rings. The molecule has 0 aliphatic carbocycles. The lowest BCUT2D eigenvalue weighted by molar-refractivity contribution is 0.266. The van der Waals surface area contributed by atoms with Gasteiger partial charge < -0.3 is 20.1 Å². The molecule has 164 valence electrons. The van der Waals surface area contributed by atoms with Crippen LogP contribution < -0.4 is 10.9 Å². The predicted octanol–water partition coefficient (Wildman–Crippen LogP) is 4.69. The molecule has 2 N–H and O–H groups in total. The number of pyridine rings is 1. The maximum Gasteiger partial charge on any atom is 0.253 e. The van der Waals surface area contributed by atoms with E-state index < -0.39 is 0 Å². The Bertz CT molecular complexity index is 1100. The first-order valence-electron chi connectivity index (χ1n) is 10.9. The number of hydrogen-bond acceptors (Lipinski definition) is 3. The Balaban J connectivity index is 1.85. The lowest BCUT2D eigenvalue weighted by Crippen LogP contribution is -2.41. The normalized spacial score (nSPS) is 11.1. The fraction of sp³-hybridized carbons (Fsp3) is 0.360. The average Bonchev–Trinajstić information content (AvgIpc) is 2.74. The number of H-pyrrole nitrogens is 1. The number of anilines is 1. The van der Waals surface area contributed by atoms with Crippen molar-refractivity contribution in [2.45, 2.75) is 34.2 Å². The van der Waals surface area contributed by atoms with Crippen molar-refractivity contribution in [3.63, 3.8) is 0 Å². The Kier molecular flexibility index (Phi) is 7.82. The molecule has 0 aliphatic heterocycles. The van der Waals surface area contributed by atoms with E-state index in [4.69, 9.17) is 12.2 Å². The predicted molar refractivity (Wildman–Crippen MR) is 135 cm³/mol. The Morgan fingerprint density at radius 3 is 2.45 bits per heavy atom. The first kappa shape index (κ1) is 23.0. The molecule has 2 aromatic carbocycles. The van der Waals surface area contributed by atoms with Gasteiger partial charge in [0.25, 0.3) is 5.56 Å². The molecule has 1 heterocycles. The summed E-state index contributed by atoms with van der Waals surface area (Å²) in [6.07, 6.45) is 0. The van der Waals surface area contributed by atoms with Gasteiger partial charge in [-0.1, -0.05) is 38.1 Å². The molecule has 0 spiro atoms. The molecule has 0 radical (unpaired) electrons. The van der Waals surface area contributed by atoms with Crippen LogP contribution in [0.25, 0.3) is 10.9 Å². The van der Waals surface area contributed by atoms with Gasteiger partial charge in [0, 0.05) is 29.9 Å². The lowest BCUT2D eigenvalue weighted by atomic mass is 10.1. The van der Waals surface area contributed by atoms with E-state index in [1.54, 1.807) is 0 Å². The maximum absolute atomic E-state index is 12.8. The van der Waals surface area contributed by atoms with E-state index in [9.17, 15) is 4.79 Å². The second-order valence-electron chi connectivity index (χ2n) is 7.96. The summed E-state index contributed by atoms with van der Waals surface area (Å²) in [7, 11) is 0. The minimum atomic E-state index is -0.0655. The van der Waals surface area contributed by atoms with Gasteiger partial charge in [-0.25, -0.2) is 0 Å². The Morgan fingerprint density at radius 2 is 1.74 bits per heavy atom. The highest BCUT2D eigenvalue weighted by Gasteiger charge is 2.15. The average molecular weight is 437 g/mol. The highest BCUT2D eigenvalue weighted by Crippen LogP contribution is 2.15. The number of aromatic nitrogens is 1. The first-order valence-corrected chi connectivity index (χ1v) is 11.3. The lowest BCUT2D eigenvalue weighted by Gasteiger charge is -2.29. The molecule has 0 saturated heterocycles. The monoisotopic (exact) mass is 436 g/mol. The number of aromatic amines is 1. The summed E-state index contributed by atoms with van der Waals surface area (Å²) >= 11 is 5.76. The quantitative estimate of drug-likeness (QED) is 0.502. The van der Waals surface area contributed by atoms with Gasteiger partial charge in [0.05, 0.1) is 6.54 Å². The van der Waals surface area contributed by atoms with Crippen molar-refractivity contribution in [3.8, 4) is 0 Å². The zero-order chi connectivity index (χ0) is 22.4. The summed E-state index contributed by atoms with van der Waals surface area (Å²) in [5, 5.41) is 5.01. The molecule has 0 aliphatic rings. The molecule has 31 heavy (non-hydrogen) atoms. The molecule has 3 rings (SSSR count). The molecule has 0 unspecified atom stereocenters. The van der Waals surface area contributed by atoms with Crippen LogP contribution in [0.1, 0.15) is 30.5 Å². The van der Waals surface area contributed by atoms with Gasteiger partial charge in [-0.2, -0.15) is 0 Å². The van der Waals surface area contributed by atoms with E-state index in [0.717, 1.165) is 48.3 Å². The summed E-state index contributed by atoms with van der Waals surface area (Å²) in [6.45, 7) is 12.5. The number of likely N-dealkylation sites (N-methyl/N-ethyl adjacent to an activating group) is 1. The van der Waals surface area contributed by atoms with Crippen molar-refractivity contribution in [3.05, 3.63) is 75.6 Å². The van der Waals surface area contributed by atoms with Crippen LogP contribution in [0.5, 0.6) is 0 Å². The highest BCUT2D eigenvalue weighted by molar-refractivity contribution is 7.80. The van der Waals surface area contributed by atoms with Crippen LogP contribution in [-0.2, 0) is 6.54 Å². The summed E-state index contributed by atoms with van der Waals surface area (Å²) < 4.78 is 0. The zero-order valence-corrected chi connectivity index (χ0v) is 19.7. The number of benzene rings is 2. The highest BCUT2D eigenvalue weighted by atomic mass is 32.1. The van der Waals surface area contributed by atoms with Crippen molar-refractivity contribution < 1.29 is 0 Å². The van der Waals surface area contributed by atoms with Crippen molar-refractivity contribution in [1.29, 1.82) is 0 Å². The summed E-state index contributed by atoms with van der Waals surface area (Å²) in [5.74, 6) is 0. The number of hydrogen-bond donors (Lipinski definition) is 2. The van der Waals surface area contributed by atoms with Crippen LogP contribution in [0, 0.1) is 13.8 Å². The number of thiocarbonyl (C=S) groups is 1. The van der Waals surface area contributed by atoms with Gasteiger partial charge in [-0.15, -0.1) is 0 Å². The van der Waals surface area contributed by atoms with E-state index in [1.807, 2.05) is 37.3 Å². The van der Waals surface area contributed by atoms with Gasteiger partial charge in [-0.3, -0.25) is 4.79 Å². The van der Waals surface area contributed by atoms with Crippen molar-refractivity contribution in [2.24, 2.45) is 0 Å². The van der Waals surface area contributed by atoms with E-state index in [2.05, 4.69) is 59.1 Å². The fourth-order valence-corrected chi connectivity index (χ4v) is 3.94. The second-order valence-corrected chi connectivity index (χ2v) is 8.35. The van der Waals surface area contributed by atoms with Crippen LogP contribution in [0.4, 0.5) is 5.69 Å². The molecule has 0 atom stereocenters. The molecule has 0 fully saturated rings. The molecule has 1 aromatic heterocycles. The molecular weight excluding hydrogens is 404 g/mol. The van der Waals surface area contributed by atoms with E-state index in [-0.39, 0.29) is 5.56 Å². The van der Waals surface area contributed by atoms with Crippen LogP contribution in [-0.4, -0.2) is 46.1 Å². The molecular formula is C25H32N4OS. The largest absolute Gasteiger partial charge is 0.343 e. The van der Waals surface area contributed by atoms with Crippen LogP contribution in [0.3, 0.4) is 0 Å². The first-order chi connectivity index (χ1) is 14.9. The third kappa shape index (κ3) is 6.15. The Morgan fingerprint density at radius 1 is 1.00 bits per heavy atom. The summed E-state index contributed by atoms with van der Waals surface area (Å²) in [4.78, 5) is 20.3. The fourth-order valence-electron chi connectivity index (χ4n) is 3.66. The Labute approximate surface area is 190 Å². The molecule has 6 heteroatoms. The van der Waals surface area contributed by atoms with Gasteiger partial charge in [0.15, 0.2) is 5.11 Å². The van der Waals surface area contributed by atoms with E-state index in [0.29, 0.717) is 17.2 Å². The minimum Gasteiger partial charge on any atom is -0.343 e. The molecule has 0 amide bonds. The third-order valence-corrected chi connectivity index (χ3v) is 5.94. The van der Waals surface area contributed by atoms with Crippen LogP contribution in [0.2, 0.25) is 0 Å². The molecule has 0 bridgehead atoms. The number of aryl methyl sites for hydroxylation is 2. The van der Waals surface area contributed by atoms with Gasteiger partial charge in [0.2, 0.25) is 0 Å². The van der Waals surface area contributed by atoms with E-state index >= 15 is 0 Å². The maximum atomic E-state index is 12.8. The Hall–Kier alpha value is -2.70. The molecule has 5 nitrogen and oxygen atoms in total. The summed E-state index contributed by atoms with van der Waals surface area (Å²) in [6, 6.07) is 16.2. The topological polar surface area (TPSA) is 51.4 Å². The van der Waals surface area contributed by atoms with E-state index in [1.165, 1.54) is 5.56 Å². The van der Waals surface area contributed by atoms with Crippen LogP contribution in [0.15, 0.2) is 53.3 Å². The number of nitrogens with one attached hydrogen (secondary N) is 2. The standard InChI is InChI=1S/C25H32N4OS/c1-5-28(6-2)12-13-29(25(31)26-22-9-7-8-18(3)14-22)17-21-16-20-11-10-19(4)15-23(20)27-24(21)30/h7-11,14-16H,5-6,12-13,17H2,1-4H3,(H,26,31)(H,27,30). The zero-order valence-electron chi connectivity index (χ0n) is 18.9. The minimum absolute atomic E-state index is 0.0655. The van der Waals surface area contributed by atoms with Gasteiger partial charge >= 0.3 is 0 Å². The number of rotatable bonds is 8. The van der Waals surface area contributed by atoms with Crippen molar-refractivity contribution in [2.75, 3.05) is 31.5 Å². The third-order valence-electron chi connectivity index (χ3n) is 5.58. The smallest absolute Gasteiger partial charge is 0.253 e.